The molecule has 1 saturated heterocycles. The third-order valence-corrected chi connectivity index (χ3v) is 5.42. The predicted octanol–water partition coefficient (Wildman–Crippen LogP) is 2.80. The first kappa shape index (κ1) is 11.6. The van der Waals surface area contributed by atoms with Crippen molar-refractivity contribution in [1.29, 1.82) is 0 Å². The van der Waals surface area contributed by atoms with Crippen molar-refractivity contribution in [2.24, 2.45) is 11.7 Å². The van der Waals surface area contributed by atoms with Crippen LogP contribution in [0, 0.1) is 12.8 Å². The lowest BCUT2D eigenvalue weighted by atomic mass is 9.70. The number of nitrogens with zero attached hydrogens (tertiary/aromatic N) is 1. The summed E-state index contributed by atoms with van der Waals surface area (Å²) in [6.07, 6.45) is 6.03. The Bertz CT molecular complexity index is 400. The maximum atomic E-state index is 6.43. The first-order chi connectivity index (χ1) is 8.20. The van der Waals surface area contributed by atoms with Crippen LogP contribution < -0.4 is 5.73 Å². The van der Waals surface area contributed by atoms with Gasteiger partial charge in [-0.3, -0.25) is 0 Å². The Labute approximate surface area is 106 Å². The second-order valence-corrected chi connectivity index (χ2v) is 6.35. The summed E-state index contributed by atoms with van der Waals surface area (Å²) in [5.41, 5.74) is 9.64. The monoisotopic (exact) mass is 252 g/mol. The topological polar surface area (TPSA) is 48.1 Å². The highest BCUT2D eigenvalue weighted by atomic mass is 32.1. The zero-order valence-electron chi connectivity index (χ0n) is 10.3. The molecule has 0 aromatic carbocycles. The standard InChI is InChI=1S/C13H20N2OS/c1-9-12(17-8-15-9)11(14)10-3-6-16-13(7-10)4-2-5-13/h8,10-11H,2-7,14H2,1H3. The molecular weight excluding hydrogens is 232 g/mol. The minimum absolute atomic E-state index is 0.156. The molecule has 2 unspecified atom stereocenters. The van der Waals surface area contributed by atoms with E-state index in [2.05, 4.69) is 11.9 Å². The first-order valence-corrected chi connectivity index (χ1v) is 7.38. The van der Waals surface area contributed by atoms with E-state index in [1.807, 2.05) is 5.51 Å². The minimum Gasteiger partial charge on any atom is -0.375 e. The van der Waals surface area contributed by atoms with Gasteiger partial charge in [-0.15, -0.1) is 11.3 Å². The van der Waals surface area contributed by atoms with Crippen molar-refractivity contribution in [3.05, 3.63) is 16.1 Å². The number of ether oxygens (including phenoxy) is 1. The molecule has 17 heavy (non-hydrogen) atoms. The van der Waals surface area contributed by atoms with Gasteiger partial charge in [0.25, 0.3) is 0 Å². The van der Waals surface area contributed by atoms with E-state index in [0.717, 1.165) is 25.1 Å². The number of aromatic nitrogens is 1. The molecule has 3 nitrogen and oxygen atoms in total. The fraction of sp³-hybridized carbons (Fsp3) is 0.769. The molecule has 2 aliphatic rings. The Hall–Kier alpha value is -0.450. The van der Waals surface area contributed by atoms with Crippen LogP contribution in [-0.2, 0) is 4.74 Å². The van der Waals surface area contributed by atoms with Crippen molar-refractivity contribution < 1.29 is 4.74 Å². The maximum Gasteiger partial charge on any atom is 0.0798 e. The summed E-state index contributed by atoms with van der Waals surface area (Å²) in [6.45, 7) is 2.94. The van der Waals surface area contributed by atoms with Gasteiger partial charge in [-0.05, 0) is 44.9 Å². The van der Waals surface area contributed by atoms with Gasteiger partial charge >= 0.3 is 0 Å². The van der Waals surface area contributed by atoms with Crippen LogP contribution in [0.4, 0.5) is 0 Å². The lowest BCUT2D eigenvalue weighted by Gasteiger charge is -2.48. The van der Waals surface area contributed by atoms with Gasteiger partial charge in [0, 0.05) is 17.5 Å². The summed E-state index contributed by atoms with van der Waals surface area (Å²) in [7, 11) is 0. The van der Waals surface area contributed by atoms with E-state index in [9.17, 15) is 0 Å². The Balaban J connectivity index is 1.73. The van der Waals surface area contributed by atoms with Crippen LogP contribution in [0.1, 0.15) is 48.7 Å². The van der Waals surface area contributed by atoms with Crippen molar-refractivity contribution in [1.82, 2.24) is 4.98 Å². The molecule has 1 aromatic heterocycles. The Morgan fingerprint density at radius 3 is 3.00 bits per heavy atom. The Kier molecular flexibility index (Phi) is 2.97. The van der Waals surface area contributed by atoms with E-state index in [0.29, 0.717) is 5.92 Å². The summed E-state index contributed by atoms with van der Waals surface area (Å²) in [6, 6.07) is 0.156. The van der Waals surface area contributed by atoms with Crippen molar-refractivity contribution >= 4 is 11.3 Å². The molecule has 1 spiro atoms. The van der Waals surface area contributed by atoms with E-state index in [4.69, 9.17) is 10.5 Å². The van der Waals surface area contributed by atoms with Gasteiger partial charge in [-0.2, -0.15) is 0 Å². The lowest BCUT2D eigenvalue weighted by Crippen LogP contribution is -2.47. The molecule has 1 aliphatic carbocycles. The Morgan fingerprint density at radius 2 is 2.41 bits per heavy atom. The third-order valence-electron chi connectivity index (χ3n) is 4.39. The summed E-state index contributed by atoms with van der Waals surface area (Å²) < 4.78 is 5.96. The molecule has 1 saturated carbocycles. The second kappa shape index (κ2) is 4.34. The highest BCUT2D eigenvalue weighted by Gasteiger charge is 2.44. The zero-order chi connectivity index (χ0) is 11.9. The van der Waals surface area contributed by atoms with Crippen LogP contribution in [0.5, 0.6) is 0 Å². The summed E-state index contributed by atoms with van der Waals surface area (Å²) in [5, 5.41) is 0. The number of thiazole rings is 1. The highest BCUT2D eigenvalue weighted by molar-refractivity contribution is 7.09. The van der Waals surface area contributed by atoms with Gasteiger partial charge in [0.2, 0.25) is 0 Å². The average molecular weight is 252 g/mol. The van der Waals surface area contributed by atoms with Crippen LogP contribution in [0.2, 0.25) is 0 Å². The van der Waals surface area contributed by atoms with Crippen molar-refractivity contribution in [2.45, 2.75) is 50.7 Å². The summed E-state index contributed by atoms with van der Waals surface area (Å²) in [4.78, 5) is 5.58. The average Bonchev–Trinajstić information content (AvgIpc) is 2.73. The van der Waals surface area contributed by atoms with Crippen LogP contribution in [0.15, 0.2) is 5.51 Å². The van der Waals surface area contributed by atoms with Gasteiger partial charge in [0.15, 0.2) is 0 Å². The SMILES string of the molecule is Cc1ncsc1C(N)C1CCOC2(CCC2)C1. The molecule has 2 fully saturated rings. The minimum atomic E-state index is 0.156. The fourth-order valence-electron chi connectivity index (χ4n) is 3.14. The van der Waals surface area contributed by atoms with E-state index < -0.39 is 0 Å². The first-order valence-electron chi connectivity index (χ1n) is 6.50. The normalized spacial score (nSPS) is 28.9. The third kappa shape index (κ3) is 2.02. The van der Waals surface area contributed by atoms with Gasteiger partial charge in [-0.1, -0.05) is 0 Å². The van der Waals surface area contributed by atoms with Gasteiger partial charge < -0.3 is 10.5 Å². The molecule has 1 aliphatic heterocycles. The van der Waals surface area contributed by atoms with Crippen molar-refractivity contribution in [3.63, 3.8) is 0 Å². The quantitative estimate of drug-likeness (QED) is 0.880. The molecule has 0 amide bonds. The van der Waals surface area contributed by atoms with Crippen LogP contribution in [0.3, 0.4) is 0 Å². The summed E-state index contributed by atoms with van der Waals surface area (Å²) >= 11 is 1.70. The van der Waals surface area contributed by atoms with Crippen molar-refractivity contribution in [3.8, 4) is 0 Å². The Morgan fingerprint density at radius 1 is 1.59 bits per heavy atom. The molecule has 1 aromatic rings. The molecule has 2 N–H and O–H groups in total. The van der Waals surface area contributed by atoms with E-state index >= 15 is 0 Å². The predicted molar refractivity (Wildman–Crippen MR) is 69.0 cm³/mol. The van der Waals surface area contributed by atoms with Gasteiger partial charge in [0.05, 0.1) is 16.8 Å². The number of hydrogen-bond acceptors (Lipinski definition) is 4. The number of hydrogen-bond donors (Lipinski definition) is 1. The number of rotatable bonds is 2. The van der Waals surface area contributed by atoms with Crippen LogP contribution in [0.25, 0.3) is 0 Å². The lowest BCUT2D eigenvalue weighted by molar-refractivity contribution is -0.146. The number of nitrogens with two attached hydrogens (primary N) is 1. The molecule has 2 heterocycles. The molecule has 2 atom stereocenters. The van der Waals surface area contributed by atoms with E-state index in [1.54, 1.807) is 11.3 Å². The van der Waals surface area contributed by atoms with Gasteiger partial charge in [-0.25, -0.2) is 4.98 Å². The number of aryl methyl sites for hydroxylation is 1. The van der Waals surface area contributed by atoms with Crippen molar-refractivity contribution in [2.75, 3.05) is 6.61 Å². The molecule has 4 heteroatoms. The van der Waals surface area contributed by atoms with E-state index in [1.165, 1.54) is 24.1 Å². The molecule has 0 radical (unpaired) electrons. The molecule has 94 valence electrons. The molecule has 0 bridgehead atoms. The maximum absolute atomic E-state index is 6.43. The smallest absolute Gasteiger partial charge is 0.0798 e. The zero-order valence-corrected chi connectivity index (χ0v) is 11.1. The fourth-order valence-corrected chi connectivity index (χ4v) is 4.03. The molecule has 3 rings (SSSR count). The summed E-state index contributed by atoms with van der Waals surface area (Å²) in [5.74, 6) is 0.572. The highest BCUT2D eigenvalue weighted by Crippen LogP contribution is 2.47. The van der Waals surface area contributed by atoms with E-state index in [-0.39, 0.29) is 11.6 Å². The molecular formula is C13H20N2OS. The van der Waals surface area contributed by atoms with Crippen LogP contribution >= 0.6 is 11.3 Å². The van der Waals surface area contributed by atoms with Crippen LogP contribution in [-0.4, -0.2) is 17.2 Å². The second-order valence-electron chi connectivity index (χ2n) is 5.47. The van der Waals surface area contributed by atoms with Gasteiger partial charge in [0.1, 0.15) is 0 Å². The largest absolute Gasteiger partial charge is 0.375 e.